The first-order valence-corrected chi connectivity index (χ1v) is 13.6. The molecule has 0 aliphatic heterocycles. The zero-order valence-corrected chi connectivity index (χ0v) is 23.6. The van der Waals surface area contributed by atoms with Crippen LogP contribution in [0.2, 0.25) is 0 Å². The summed E-state index contributed by atoms with van der Waals surface area (Å²) in [6.07, 6.45) is 1.13. The van der Waals surface area contributed by atoms with Crippen LogP contribution in [0.15, 0.2) is 24.3 Å². The van der Waals surface area contributed by atoms with Gasteiger partial charge in [0.05, 0.1) is 104 Å². The van der Waals surface area contributed by atoms with Crippen LogP contribution in [-0.2, 0) is 37.9 Å². The van der Waals surface area contributed by atoms with E-state index in [9.17, 15) is 10.1 Å². The molecule has 0 fully saturated rings. The molecule has 39 heavy (non-hydrogen) atoms. The lowest BCUT2D eigenvalue weighted by Gasteiger charge is -2.10. The van der Waals surface area contributed by atoms with Gasteiger partial charge in [0.15, 0.2) is 0 Å². The van der Waals surface area contributed by atoms with Gasteiger partial charge in [-0.2, -0.15) is 0 Å². The van der Waals surface area contributed by atoms with Crippen molar-refractivity contribution in [1.82, 2.24) is 0 Å². The first-order chi connectivity index (χ1) is 19.1. The molecule has 0 spiro atoms. The second kappa shape index (κ2) is 26.3. The maximum absolute atomic E-state index is 10.6. The number of hydrogen-bond acceptors (Lipinski definition) is 11. The quantitative estimate of drug-likeness (QED) is 0.0813. The fourth-order valence-electron chi connectivity index (χ4n) is 2.82. The monoisotopic (exact) mass is 561 g/mol. The molecule has 1 aromatic rings. The number of hydrogen-bond donors (Lipinski definition) is 0. The summed E-state index contributed by atoms with van der Waals surface area (Å²) in [5, 5.41) is 10.6. The molecule has 1 unspecified atom stereocenters. The highest BCUT2D eigenvalue weighted by Crippen LogP contribution is 2.17. The van der Waals surface area contributed by atoms with Gasteiger partial charge in [-0.1, -0.05) is 20.3 Å². The fourth-order valence-corrected chi connectivity index (χ4v) is 2.82. The van der Waals surface area contributed by atoms with E-state index in [1.807, 2.05) is 0 Å². The molecule has 0 saturated heterocycles. The number of rotatable bonds is 29. The molecule has 1 atom stereocenters. The van der Waals surface area contributed by atoms with E-state index in [-0.39, 0.29) is 5.69 Å². The van der Waals surface area contributed by atoms with Gasteiger partial charge in [0, 0.05) is 18.7 Å². The van der Waals surface area contributed by atoms with Crippen molar-refractivity contribution in [3.8, 4) is 5.75 Å². The van der Waals surface area contributed by atoms with Crippen LogP contribution < -0.4 is 4.74 Å². The maximum Gasteiger partial charge on any atom is 0.269 e. The van der Waals surface area contributed by atoms with E-state index >= 15 is 0 Å². The molecule has 0 heterocycles. The molecule has 0 bridgehead atoms. The first-order valence-electron chi connectivity index (χ1n) is 13.6. The van der Waals surface area contributed by atoms with Crippen molar-refractivity contribution >= 4 is 5.69 Å². The topological polar surface area (TPSA) is 126 Å². The zero-order chi connectivity index (χ0) is 28.2. The maximum atomic E-state index is 10.6. The molecule has 0 radical (unpaired) electrons. The van der Waals surface area contributed by atoms with Gasteiger partial charge in [0.2, 0.25) is 0 Å². The van der Waals surface area contributed by atoms with E-state index in [1.54, 1.807) is 12.1 Å². The van der Waals surface area contributed by atoms with Crippen molar-refractivity contribution in [3.63, 3.8) is 0 Å². The van der Waals surface area contributed by atoms with E-state index in [0.717, 1.165) is 13.0 Å². The molecule has 0 saturated carbocycles. The molecule has 12 heteroatoms. The SMILES string of the molecule is CCC(C)COCCOCCOCCOCCOCCOCCOCCOCCOc1ccc([N+](=O)[O-])cc1. The molecule has 0 amide bonds. The van der Waals surface area contributed by atoms with Crippen molar-refractivity contribution < 1.29 is 47.6 Å². The van der Waals surface area contributed by atoms with Crippen LogP contribution in [0.3, 0.4) is 0 Å². The van der Waals surface area contributed by atoms with Crippen molar-refractivity contribution in [3.05, 3.63) is 34.4 Å². The second-order valence-electron chi connectivity index (χ2n) is 8.47. The van der Waals surface area contributed by atoms with Crippen molar-refractivity contribution in [2.24, 2.45) is 5.92 Å². The van der Waals surface area contributed by atoms with Crippen LogP contribution in [0.5, 0.6) is 5.75 Å². The van der Waals surface area contributed by atoms with Crippen molar-refractivity contribution in [2.75, 3.05) is 112 Å². The summed E-state index contributed by atoms with van der Waals surface area (Å²) in [7, 11) is 0. The number of nitrogens with zero attached hydrogens (tertiary/aromatic N) is 1. The normalized spacial score (nSPS) is 12.1. The Labute approximate surface area is 232 Å². The zero-order valence-electron chi connectivity index (χ0n) is 23.6. The van der Waals surface area contributed by atoms with Gasteiger partial charge in [0.25, 0.3) is 5.69 Å². The number of ether oxygens (including phenoxy) is 9. The number of benzene rings is 1. The van der Waals surface area contributed by atoms with E-state index in [2.05, 4.69) is 13.8 Å². The molecular formula is C27H47NO11. The average molecular weight is 562 g/mol. The minimum atomic E-state index is -0.450. The Morgan fingerprint density at radius 1 is 0.590 bits per heavy atom. The van der Waals surface area contributed by atoms with Crippen LogP contribution in [-0.4, -0.2) is 117 Å². The first kappa shape index (κ1) is 35.1. The lowest BCUT2D eigenvalue weighted by atomic mass is 10.1. The van der Waals surface area contributed by atoms with Crippen molar-refractivity contribution in [2.45, 2.75) is 20.3 Å². The average Bonchev–Trinajstić information content (AvgIpc) is 2.95. The van der Waals surface area contributed by atoms with Gasteiger partial charge < -0.3 is 42.6 Å². The van der Waals surface area contributed by atoms with Crippen LogP contribution in [0.25, 0.3) is 0 Å². The van der Waals surface area contributed by atoms with Gasteiger partial charge in [0.1, 0.15) is 12.4 Å². The third-order valence-corrected chi connectivity index (χ3v) is 5.25. The minimum absolute atomic E-state index is 0.0297. The summed E-state index contributed by atoms with van der Waals surface area (Å²) < 4.78 is 49.1. The largest absolute Gasteiger partial charge is 0.491 e. The highest BCUT2D eigenvalue weighted by molar-refractivity contribution is 5.35. The molecule has 12 nitrogen and oxygen atoms in total. The Bertz CT molecular complexity index is 678. The third kappa shape index (κ3) is 22.6. The van der Waals surface area contributed by atoms with Gasteiger partial charge in [-0.15, -0.1) is 0 Å². The summed E-state index contributed by atoms with van der Waals surface area (Å²) in [6, 6.07) is 5.92. The molecule has 1 rings (SSSR count). The van der Waals surface area contributed by atoms with E-state index in [1.165, 1.54) is 12.1 Å². The third-order valence-electron chi connectivity index (χ3n) is 5.25. The standard InChI is InChI=1S/C27H47NO11/c1-3-25(2)24-38-21-20-36-17-16-34-13-12-32-9-8-31-10-11-33-14-15-35-18-19-37-22-23-39-27-6-4-26(5-7-27)28(29)30/h4-7,25H,3,8-24H2,1-2H3. The van der Waals surface area contributed by atoms with Gasteiger partial charge in [-0.25, -0.2) is 0 Å². The summed E-state index contributed by atoms with van der Waals surface area (Å²) in [4.78, 5) is 10.2. The minimum Gasteiger partial charge on any atom is -0.491 e. The Balaban J connectivity index is 1.69. The van der Waals surface area contributed by atoms with Gasteiger partial charge in [-0.05, 0) is 18.1 Å². The number of non-ortho nitro benzene ring substituents is 1. The number of nitro groups is 1. The van der Waals surface area contributed by atoms with Crippen molar-refractivity contribution in [1.29, 1.82) is 0 Å². The number of nitro benzene ring substituents is 1. The lowest BCUT2D eigenvalue weighted by Crippen LogP contribution is -2.15. The van der Waals surface area contributed by atoms with Crippen LogP contribution in [0.4, 0.5) is 5.69 Å². The Morgan fingerprint density at radius 2 is 0.923 bits per heavy atom. The summed E-state index contributed by atoms with van der Waals surface area (Å²) in [5.41, 5.74) is 0.0297. The summed E-state index contributed by atoms with van der Waals surface area (Å²) in [6.45, 7) is 13.1. The summed E-state index contributed by atoms with van der Waals surface area (Å²) in [5.74, 6) is 1.15. The van der Waals surface area contributed by atoms with Gasteiger partial charge in [-0.3, -0.25) is 10.1 Å². The predicted octanol–water partition coefficient (Wildman–Crippen LogP) is 3.15. The molecule has 226 valence electrons. The van der Waals surface area contributed by atoms with Crippen LogP contribution >= 0.6 is 0 Å². The predicted molar refractivity (Wildman–Crippen MR) is 145 cm³/mol. The van der Waals surface area contributed by atoms with Crippen LogP contribution in [0.1, 0.15) is 20.3 Å². The Morgan fingerprint density at radius 3 is 1.26 bits per heavy atom. The molecular weight excluding hydrogens is 514 g/mol. The molecule has 0 aliphatic rings. The highest BCUT2D eigenvalue weighted by Gasteiger charge is 2.04. The second-order valence-corrected chi connectivity index (χ2v) is 8.47. The van der Waals surface area contributed by atoms with Gasteiger partial charge >= 0.3 is 0 Å². The molecule has 1 aromatic carbocycles. The summed E-state index contributed by atoms with van der Waals surface area (Å²) >= 11 is 0. The molecule has 0 aliphatic carbocycles. The molecule has 0 N–H and O–H groups in total. The fraction of sp³-hybridized carbons (Fsp3) is 0.778. The lowest BCUT2D eigenvalue weighted by molar-refractivity contribution is -0.384. The Hall–Kier alpha value is -1.90. The molecule has 0 aromatic heterocycles. The van der Waals surface area contributed by atoms with Crippen LogP contribution in [0, 0.1) is 16.0 Å². The highest BCUT2D eigenvalue weighted by atomic mass is 16.6. The Kier molecular flexibility index (Phi) is 23.7. The van der Waals surface area contributed by atoms with E-state index < -0.39 is 4.92 Å². The van der Waals surface area contributed by atoms with E-state index in [0.29, 0.717) is 117 Å². The smallest absolute Gasteiger partial charge is 0.269 e. The van der Waals surface area contributed by atoms with E-state index in [4.69, 9.17) is 42.6 Å².